The van der Waals surface area contributed by atoms with Crippen molar-refractivity contribution in [2.45, 2.75) is 6.54 Å². The average Bonchev–Trinajstić information content (AvgIpc) is 2.74. The predicted molar refractivity (Wildman–Crippen MR) is 65.8 cm³/mol. The SMILES string of the molecule is Cn1nccc1C(=O)NCc1ccccc1Cl. The van der Waals surface area contributed by atoms with Gasteiger partial charge >= 0.3 is 0 Å². The Morgan fingerprint density at radius 2 is 2.18 bits per heavy atom. The first-order chi connectivity index (χ1) is 8.18. The highest BCUT2D eigenvalue weighted by Gasteiger charge is 2.09. The lowest BCUT2D eigenvalue weighted by atomic mass is 10.2. The van der Waals surface area contributed by atoms with Crippen molar-refractivity contribution in [2.24, 2.45) is 7.05 Å². The lowest BCUT2D eigenvalue weighted by molar-refractivity contribution is 0.0941. The molecule has 2 aromatic rings. The zero-order valence-corrected chi connectivity index (χ0v) is 10.1. The number of halogens is 1. The number of hydrogen-bond acceptors (Lipinski definition) is 2. The molecule has 0 spiro atoms. The second-order valence-electron chi connectivity index (χ2n) is 3.61. The average molecular weight is 250 g/mol. The Kier molecular flexibility index (Phi) is 3.44. The van der Waals surface area contributed by atoms with Gasteiger partial charge in [-0.2, -0.15) is 5.10 Å². The maximum Gasteiger partial charge on any atom is 0.269 e. The van der Waals surface area contributed by atoms with E-state index >= 15 is 0 Å². The Balaban J connectivity index is 2.02. The first-order valence-electron chi connectivity index (χ1n) is 5.18. The molecule has 0 bridgehead atoms. The fourth-order valence-electron chi connectivity index (χ4n) is 1.50. The Bertz CT molecular complexity index is 536. The van der Waals surface area contributed by atoms with E-state index in [1.54, 1.807) is 25.4 Å². The lowest BCUT2D eigenvalue weighted by Gasteiger charge is -2.06. The summed E-state index contributed by atoms with van der Waals surface area (Å²) in [7, 11) is 1.73. The van der Waals surface area contributed by atoms with E-state index in [1.165, 1.54) is 4.68 Å². The number of rotatable bonds is 3. The van der Waals surface area contributed by atoms with Gasteiger partial charge in [0, 0.05) is 24.8 Å². The van der Waals surface area contributed by atoms with Crippen LogP contribution in [0.2, 0.25) is 5.02 Å². The third-order valence-corrected chi connectivity index (χ3v) is 2.82. The molecule has 0 saturated carbocycles. The Hall–Kier alpha value is -1.81. The molecule has 17 heavy (non-hydrogen) atoms. The number of carbonyl (C=O) groups excluding carboxylic acids is 1. The summed E-state index contributed by atoms with van der Waals surface area (Å²) in [5, 5.41) is 7.39. The van der Waals surface area contributed by atoms with Crippen LogP contribution in [0.5, 0.6) is 0 Å². The third-order valence-electron chi connectivity index (χ3n) is 2.45. The van der Waals surface area contributed by atoms with Crippen molar-refractivity contribution in [3.63, 3.8) is 0 Å². The predicted octanol–water partition coefficient (Wildman–Crippen LogP) is 2.00. The zero-order valence-electron chi connectivity index (χ0n) is 9.35. The minimum Gasteiger partial charge on any atom is -0.347 e. The minimum absolute atomic E-state index is 0.162. The Morgan fingerprint density at radius 1 is 1.41 bits per heavy atom. The van der Waals surface area contributed by atoms with Crippen LogP contribution in [0.15, 0.2) is 36.5 Å². The summed E-state index contributed by atoms with van der Waals surface area (Å²) in [4.78, 5) is 11.8. The van der Waals surface area contributed by atoms with Crippen molar-refractivity contribution < 1.29 is 4.79 Å². The van der Waals surface area contributed by atoms with Crippen LogP contribution in [0.1, 0.15) is 16.1 Å². The fourth-order valence-corrected chi connectivity index (χ4v) is 1.71. The van der Waals surface area contributed by atoms with Crippen LogP contribution in [0.4, 0.5) is 0 Å². The Morgan fingerprint density at radius 3 is 2.82 bits per heavy atom. The van der Waals surface area contributed by atoms with E-state index in [2.05, 4.69) is 10.4 Å². The van der Waals surface area contributed by atoms with Gasteiger partial charge in [0.25, 0.3) is 5.91 Å². The van der Waals surface area contributed by atoms with Crippen LogP contribution in [0.25, 0.3) is 0 Å². The number of nitrogens with zero attached hydrogens (tertiary/aromatic N) is 2. The molecule has 0 atom stereocenters. The molecule has 5 heteroatoms. The highest BCUT2D eigenvalue weighted by atomic mass is 35.5. The third kappa shape index (κ3) is 2.65. The van der Waals surface area contributed by atoms with Crippen LogP contribution < -0.4 is 5.32 Å². The molecule has 2 rings (SSSR count). The molecule has 88 valence electrons. The van der Waals surface area contributed by atoms with Gasteiger partial charge in [-0.15, -0.1) is 0 Å². The molecule has 0 fully saturated rings. The summed E-state index contributed by atoms with van der Waals surface area (Å²) < 4.78 is 1.53. The standard InChI is InChI=1S/C12H12ClN3O/c1-16-11(6-7-15-16)12(17)14-8-9-4-2-3-5-10(9)13/h2-7H,8H2,1H3,(H,14,17). The van der Waals surface area contributed by atoms with Crippen LogP contribution in [0.3, 0.4) is 0 Å². The van der Waals surface area contributed by atoms with Gasteiger partial charge in [0.2, 0.25) is 0 Å². The van der Waals surface area contributed by atoms with Gasteiger partial charge in [-0.3, -0.25) is 9.48 Å². The summed E-state index contributed by atoms with van der Waals surface area (Å²) in [6.45, 7) is 0.406. The van der Waals surface area contributed by atoms with Crippen LogP contribution in [-0.2, 0) is 13.6 Å². The maximum atomic E-state index is 11.8. The molecule has 0 aliphatic heterocycles. The number of nitrogens with one attached hydrogen (secondary N) is 1. The molecule has 0 unspecified atom stereocenters. The van der Waals surface area contributed by atoms with Crippen molar-refractivity contribution >= 4 is 17.5 Å². The molecule has 0 saturated heterocycles. The van der Waals surface area contributed by atoms with E-state index in [-0.39, 0.29) is 5.91 Å². The molecule has 1 amide bonds. The summed E-state index contributed by atoms with van der Waals surface area (Å²) >= 11 is 6.00. The Labute approximate surface area is 104 Å². The quantitative estimate of drug-likeness (QED) is 0.905. The number of aromatic nitrogens is 2. The van der Waals surface area contributed by atoms with Crippen molar-refractivity contribution in [3.05, 3.63) is 52.8 Å². The molecule has 4 nitrogen and oxygen atoms in total. The van der Waals surface area contributed by atoms with E-state index in [1.807, 2.05) is 18.2 Å². The van der Waals surface area contributed by atoms with Gasteiger partial charge in [-0.1, -0.05) is 29.8 Å². The van der Waals surface area contributed by atoms with E-state index in [9.17, 15) is 4.79 Å². The molecule has 1 aromatic heterocycles. The van der Waals surface area contributed by atoms with Gasteiger partial charge in [0.1, 0.15) is 5.69 Å². The van der Waals surface area contributed by atoms with Crippen LogP contribution >= 0.6 is 11.6 Å². The second-order valence-corrected chi connectivity index (χ2v) is 4.02. The van der Waals surface area contributed by atoms with Crippen molar-refractivity contribution in [1.82, 2.24) is 15.1 Å². The molecule has 0 aliphatic carbocycles. The number of hydrogen-bond donors (Lipinski definition) is 1. The monoisotopic (exact) mass is 249 g/mol. The zero-order chi connectivity index (χ0) is 12.3. The topological polar surface area (TPSA) is 46.9 Å². The van der Waals surface area contributed by atoms with Gasteiger partial charge < -0.3 is 5.32 Å². The highest BCUT2D eigenvalue weighted by Crippen LogP contribution is 2.14. The fraction of sp³-hybridized carbons (Fsp3) is 0.167. The largest absolute Gasteiger partial charge is 0.347 e. The second kappa shape index (κ2) is 5.01. The summed E-state index contributed by atoms with van der Waals surface area (Å²) in [5.41, 5.74) is 1.42. The maximum absolute atomic E-state index is 11.8. The summed E-state index contributed by atoms with van der Waals surface area (Å²) in [6.07, 6.45) is 1.59. The minimum atomic E-state index is -0.162. The van der Waals surface area contributed by atoms with Gasteiger partial charge in [0.05, 0.1) is 0 Å². The molecular weight excluding hydrogens is 238 g/mol. The van der Waals surface area contributed by atoms with Crippen molar-refractivity contribution in [2.75, 3.05) is 0 Å². The highest BCUT2D eigenvalue weighted by molar-refractivity contribution is 6.31. The smallest absolute Gasteiger partial charge is 0.269 e. The number of aryl methyl sites for hydroxylation is 1. The van der Waals surface area contributed by atoms with E-state index in [0.29, 0.717) is 17.3 Å². The molecule has 1 aromatic carbocycles. The molecule has 1 N–H and O–H groups in total. The van der Waals surface area contributed by atoms with Crippen molar-refractivity contribution in [3.8, 4) is 0 Å². The first kappa shape index (κ1) is 11.7. The van der Waals surface area contributed by atoms with Crippen molar-refractivity contribution in [1.29, 1.82) is 0 Å². The first-order valence-corrected chi connectivity index (χ1v) is 5.56. The summed E-state index contributed by atoms with van der Waals surface area (Å²) in [6, 6.07) is 9.09. The molecule has 0 radical (unpaired) electrons. The lowest BCUT2D eigenvalue weighted by Crippen LogP contribution is -2.25. The van der Waals surface area contributed by atoms with Gasteiger partial charge in [-0.05, 0) is 17.7 Å². The summed E-state index contributed by atoms with van der Waals surface area (Å²) in [5.74, 6) is -0.162. The number of amides is 1. The number of carbonyl (C=O) groups is 1. The molecular formula is C12H12ClN3O. The normalized spacial score (nSPS) is 10.2. The van der Waals surface area contributed by atoms with E-state index in [0.717, 1.165) is 5.56 Å². The van der Waals surface area contributed by atoms with E-state index in [4.69, 9.17) is 11.6 Å². The van der Waals surface area contributed by atoms with Gasteiger partial charge in [-0.25, -0.2) is 0 Å². The van der Waals surface area contributed by atoms with Crippen LogP contribution in [0, 0.1) is 0 Å². The number of benzene rings is 1. The van der Waals surface area contributed by atoms with Gasteiger partial charge in [0.15, 0.2) is 0 Å². The van der Waals surface area contributed by atoms with Crippen LogP contribution in [-0.4, -0.2) is 15.7 Å². The molecule has 0 aliphatic rings. The van der Waals surface area contributed by atoms with E-state index < -0.39 is 0 Å². The molecule has 1 heterocycles.